The molecular formula is C12H4Cl4N2. The molecule has 0 aliphatic rings. The maximum atomic E-state index is 9.03. The Hall–Kier alpha value is -0.980. The average Bonchev–Trinajstić information content (AvgIpc) is 2.34. The van der Waals surface area contributed by atoms with Gasteiger partial charge in [0.25, 0.3) is 0 Å². The third-order valence-electron chi connectivity index (χ3n) is 2.26. The molecule has 2 rings (SSSR count). The Morgan fingerprint density at radius 1 is 0.889 bits per heavy atom. The molecule has 0 saturated carbocycles. The molecule has 0 N–H and O–H groups in total. The van der Waals surface area contributed by atoms with Gasteiger partial charge in [0.1, 0.15) is 11.8 Å². The van der Waals surface area contributed by atoms with Crippen LogP contribution in [0.1, 0.15) is 5.69 Å². The number of pyridine rings is 1. The van der Waals surface area contributed by atoms with E-state index in [-0.39, 0.29) is 5.69 Å². The van der Waals surface area contributed by atoms with E-state index >= 15 is 0 Å². The van der Waals surface area contributed by atoms with E-state index in [1.54, 1.807) is 12.1 Å². The summed E-state index contributed by atoms with van der Waals surface area (Å²) in [6.07, 6.45) is 1.40. The number of hydrogen-bond acceptors (Lipinski definition) is 2. The van der Waals surface area contributed by atoms with E-state index in [1.165, 1.54) is 12.3 Å². The molecular weight excluding hydrogens is 314 g/mol. The van der Waals surface area contributed by atoms with Crippen LogP contribution < -0.4 is 0 Å². The molecule has 0 radical (unpaired) electrons. The van der Waals surface area contributed by atoms with Crippen molar-refractivity contribution in [3.8, 4) is 17.2 Å². The number of aromatic nitrogens is 1. The highest BCUT2D eigenvalue weighted by Crippen LogP contribution is 2.36. The number of nitriles is 1. The molecule has 0 amide bonds. The Labute approximate surface area is 124 Å². The molecule has 1 aromatic carbocycles. The predicted molar refractivity (Wildman–Crippen MR) is 74.4 cm³/mol. The van der Waals surface area contributed by atoms with Gasteiger partial charge in [-0.2, -0.15) is 5.26 Å². The summed E-state index contributed by atoms with van der Waals surface area (Å²) >= 11 is 23.8. The molecule has 0 spiro atoms. The van der Waals surface area contributed by atoms with Crippen LogP contribution in [-0.4, -0.2) is 4.98 Å². The minimum atomic E-state index is 0.222. The van der Waals surface area contributed by atoms with Crippen molar-refractivity contribution in [3.63, 3.8) is 0 Å². The van der Waals surface area contributed by atoms with Crippen molar-refractivity contribution in [3.05, 3.63) is 50.2 Å². The van der Waals surface area contributed by atoms with Gasteiger partial charge in [0.05, 0.1) is 20.1 Å². The zero-order chi connectivity index (χ0) is 13.3. The molecule has 6 heteroatoms. The molecule has 90 valence electrons. The van der Waals surface area contributed by atoms with Crippen LogP contribution in [0.5, 0.6) is 0 Å². The van der Waals surface area contributed by atoms with Gasteiger partial charge in [0.2, 0.25) is 0 Å². The van der Waals surface area contributed by atoms with E-state index in [2.05, 4.69) is 4.98 Å². The van der Waals surface area contributed by atoms with Crippen molar-refractivity contribution < 1.29 is 0 Å². The molecule has 18 heavy (non-hydrogen) atoms. The van der Waals surface area contributed by atoms with Gasteiger partial charge in [-0.15, -0.1) is 0 Å². The van der Waals surface area contributed by atoms with E-state index in [0.29, 0.717) is 31.2 Å². The summed E-state index contributed by atoms with van der Waals surface area (Å²) in [6, 6.07) is 6.69. The molecule has 1 heterocycles. The summed E-state index contributed by atoms with van der Waals surface area (Å²) in [4.78, 5) is 3.94. The summed E-state index contributed by atoms with van der Waals surface area (Å²) < 4.78 is 0. The Kier molecular flexibility index (Phi) is 3.99. The molecule has 0 saturated heterocycles. The third-order valence-corrected chi connectivity index (χ3v) is 3.50. The molecule has 0 fully saturated rings. The Bertz CT molecular complexity index is 662. The lowest BCUT2D eigenvalue weighted by Crippen LogP contribution is -1.90. The monoisotopic (exact) mass is 316 g/mol. The lowest BCUT2D eigenvalue weighted by atomic mass is 10.0. The summed E-state index contributed by atoms with van der Waals surface area (Å²) in [6.45, 7) is 0. The number of hydrogen-bond donors (Lipinski definition) is 0. The van der Waals surface area contributed by atoms with Crippen LogP contribution in [0.25, 0.3) is 11.1 Å². The van der Waals surface area contributed by atoms with Crippen molar-refractivity contribution in [1.29, 1.82) is 5.26 Å². The van der Waals surface area contributed by atoms with Crippen molar-refractivity contribution in [2.75, 3.05) is 0 Å². The summed E-state index contributed by atoms with van der Waals surface area (Å²) in [5.41, 5.74) is 1.31. The van der Waals surface area contributed by atoms with Gasteiger partial charge in [-0.1, -0.05) is 46.4 Å². The second-order valence-electron chi connectivity index (χ2n) is 3.41. The number of rotatable bonds is 1. The van der Waals surface area contributed by atoms with Crippen molar-refractivity contribution in [2.45, 2.75) is 0 Å². The zero-order valence-corrected chi connectivity index (χ0v) is 11.7. The fraction of sp³-hybridized carbons (Fsp3) is 0. The molecule has 0 aliphatic carbocycles. The number of nitrogens with zero attached hydrogens (tertiary/aromatic N) is 2. The van der Waals surface area contributed by atoms with Crippen molar-refractivity contribution in [2.24, 2.45) is 0 Å². The fourth-order valence-corrected chi connectivity index (χ4v) is 2.27. The highest BCUT2D eigenvalue weighted by molar-refractivity contribution is 6.44. The molecule has 2 aromatic rings. The molecule has 0 aliphatic heterocycles. The SMILES string of the molecule is N#Cc1ncc(Cl)cc1-c1cc(Cl)c(Cl)cc1Cl. The molecule has 0 atom stereocenters. The topological polar surface area (TPSA) is 36.7 Å². The van der Waals surface area contributed by atoms with Crippen LogP contribution in [0.15, 0.2) is 24.4 Å². The first-order valence-electron chi connectivity index (χ1n) is 4.73. The molecule has 1 aromatic heterocycles. The largest absolute Gasteiger partial charge is 0.243 e. The Morgan fingerprint density at radius 2 is 1.56 bits per heavy atom. The third kappa shape index (κ3) is 2.55. The molecule has 2 nitrogen and oxygen atoms in total. The number of halogens is 4. The van der Waals surface area contributed by atoms with Gasteiger partial charge in [-0.3, -0.25) is 0 Å². The second kappa shape index (κ2) is 5.34. The first-order valence-corrected chi connectivity index (χ1v) is 6.24. The zero-order valence-electron chi connectivity index (χ0n) is 8.72. The highest BCUT2D eigenvalue weighted by atomic mass is 35.5. The van der Waals surface area contributed by atoms with E-state index in [9.17, 15) is 0 Å². The normalized spacial score (nSPS) is 10.2. The van der Waals surface area contributed by atoms with Crippen LogP contribution in [-0.2, 0) is 0 Å². The maximum absolute atomic E-state index is 9.03. The Balaban J connectivity index is 2.73. The lowest BCUT2D eigenvalue weighted by Gasteiger charge is -2.08. The standard InChI is InChI=1S/C12H4Cl4N2/c13-6-1-8(12(4-17)18-5-6)7-2-10(15)11(16)3-9(7)14/h1-3,5H. The van der Waals surface area contributed by atoms with E-state index in [4.69, 9.17) is 51.7 Å². The van der Waals surface area contributed by atoms with Gasteiger partial charge in [0.15, 0.2) is 0 Å². The minimum Gasteiger partial charge on any atom is -0.243 e. The highest BCUT2D eigenvalue weighted by Gasteiger charge is 2.13. The first kappa shape index (κ1) is 13.5. The minimum absolute atomic E-state index is 0.222. The van der Waals surface area contributed by atoms with Crippen LogP contribution in [0.4, 0.5) is 0 Å². The summed E-state index contributed by atoms with van der Waals surface area (Å²) in [5, 5.41) is 10.5. The van der Waals surface area contributed by atoms with Gasteiger partial charge in [-0.05, 0) is 18.2 Å². The van der Waals surface area contributed by atoms with Gasteiger partial charge in [-0.25, -0.2) is 4.98 Å². The van der Waals surface area contributed by atoms with Gasteiger partial charge in [0, 0.05) is 17.3 Å². The first-order chi connectivity index (χ1) is 8.52. The average molecular weight is 318 g/mol. The van der Waals surface area contributed by atoms with Crippen molar-refractivity contribution in [1.82, 2.24) is 4.98 Å². The maximum Gasteiger partial charge on any atom is 0.148 e. The van der Waals surface area contributed by atoms with E-state index < -0.39 is 0 Å². The van der Waals surface area contributed by atoms with Crippen LogP contribution in [0.2, 0.25) is 20.1 Å². The van der Waals surface area contributed by atoms with E-state index in [1.807, 2.05) is 6.07 Å². The summed E-state index contributed by atoms with van der Waals surface area (Å²) in [5.74, 6) is 0. The molecule has 0 bridgehead atoms. The summed E-state index contributed by atoms with van der Waals surface area (Å²) in [7, 11) is 0. The lowest BCUT2D eigenvalue weighted by molar-refractivity contribution is 1.26. The van der Waals surface area contributed by atoms with Crippen LogP contribution in [0, 0.1) is 11.3 Å². The van der Waals surface area contributed by atoms with Crippen molar-refractivity contribution >= 4 is 46.4 Å². The molecule has 0 unspecified atom stereocenters. The fourth-order valence-electron chi connectivity index (χ4n) is 1.46. The van der Waals surface area contributed by atoms with Gasteiger partial charge < -0.3 is 0 Å². The van der Waals surface area contributed by atoms with Crippen LogP contribution >= 0.6 is 46.4 Å². The van der Waals surface area contributed by atoms with Gasteiger partial charge >= 0.3 is 0 Å². The van der Waals surface area contributed by atoms with Crippen LogP contribution in [0.3, 0.4) is 0 Å². The smallest absolute Gasteiger partial charge is 0.148 e. The Morgan fingerprint density at radius 3 is 2.22 bits per heavy atom. The quantitative estimate of drug-likeness (QED) is 0.675. The van der Waals surface area contributed by atoms with E-state index in [0.717, 1.165) is 0 Å². The predicted octanol–water partition coefficient (Wildman–Crippen LogP) is 5.23. The second-order valence-corrected chi connectivity index (χ2v) is 5.07. The number of benzene rings is 1.